The smallest absolute Gasteiger partial charge is 0.217 e. The van der Waals surface area contributed by atoms with Crippen LogP contribution in [0, 0.1) is 5.92 Å². The van der Waals surface area contributed by atoms with Gasteiger partial charge in [0.1, 0.15) is 11.9 Å². The molecular weight excluding hydrogens is 342 g/mol. The van der Waals surface area contributed by atoms with E-state index in [1.165, 1.54) is 0 Å². The van der Waals surface area contributed by atoms with Gasteiger partial charge in [0.05, 0.1) is 12.2 Å². The van der Waals surface area contributed by atoms with Gasteiger partial charge in [-0.05, 0) is 18.4 Å². The number of carbonyl (C=O) groups excluding carboxylic acids is 1. The van der Waals surface area contributed by atoms with E-state index >= 15 is 0 Å². The van der Waals surface area contributed by atoms with Crippen LogP contribution in [0.3, 0.4) is 0 Å². The number of rotatable bonds is 9. The van der Waals surface area contributed by atoms with E-state index in [0.29, 0.717) is 19.3 Å². The second-order valence-corrected chi connectivity index (χ2v) is 7.81. The Balaban J connectivity index is 1.73. The summed E-state index contributed by atoms with van der Waals surface area (Å²) in [6.45, 7) is 2.15. The first-order valence-electron chi connectivity index (χ1n) is 10.1. The van der Waals surface area contributed by atoms with E-state index in [1.54, 1.807) is 0 Å². The average molecular weight is 373 g/mol. The van der Waals surface area contributed by atoms with Gasteiger partial charge in [-0.15, -0.1) is 0 Å². The molecular formula is C22H31NO4. The molecule has 0 radical (unpaired) electrons. The molecule has 1 aliphatic carbocycles. The maximum atomic E-state index is 11.1. The Labute approximate surface area is 161 Å². The first-order chi connectivity index (χ1) is 13.0. The zero-order chi connectivity index (χ0) is 19.4. The molecule has 0 bridgehead atoms. The van der Waals surface area contributed by atoms with Gasteiger partial charge in [-0.3, -0.25) is 4.79 Å². The zero-order valence-electron chi connectivity index (χ0n) is 16.0. The Hall–Kier alpha value is -1.85. The molecule has 1 saturated carbocycles. The molecule has 5 atom stereocenters. The molecule has 1 fully saturated rings. The van der Waals surface area contributed by atoms with Crippen LogP contribution in [0.25, 0.3) is 0 Å². The molecule has 1 amide bonds. The van der Waals surface area contributed by atoms with E-state index in [4.69, 9.17) is 10.5 Å². The summed E-state index contributed by atoms with van der Waals surface area (Å²) in [5.74, 6) is 0.549. The molecule has 148 valence electrons. The Kier molecular flexibility index (Phi) is 6.55. The van der Waals surface area contributed by atoms with Crippen molar-refractivity contribution in [2.75, 3.05) is 0 Å². The fraction of sp³-hybridized carbons (Fsp3) is 0.591. The van der Waals surface area contributed by atoms with E-state index in [9.17, 15) is 15.0 Å². The summed E-state index contributed by atoms with van der Waals surface area (Å²) < 4.78 is 6.17. The SMILES string of the molecule is CCCCC[C@H](O)C=C[C@@H]1[C@H]2c3cccc(CCC(N)=O)c3O[C@H]2C[C@H]1O. The quantitative estimate of drug-likeness (QED) is 0.458. The number of hydrogen-bond donors (Lipinski definition) is 3. The highest BCUT2D eigenvalue weighted by atomic mass is 16.5. The van der Waals surface area contributed by atoms with Crippen molar-refractivity contribution in [3.63, 3.8) is 0 Å². The number of amides is 1. The van der Waals surface area contributed by atoms with Crippen LogP contribution < -0.4 is 10.5 Å². The minimum absolute atomic E-state index is 0.0587. The van der Waals surface area contributed by atoms with Gasteiger partial charge < -0.3 is 20.7 Å². The van der Waals surface area contributed by atoms with Crippen LogP contribution >= 0.6 is 0 Å². The number of carbonyl (C=O) groups is 1. The van der Waals surface area contributed by atoms with E-state index < -0.39 is 12.2 Å². The molecule has 0 aromatic heterocycles. The minimum Gasteiger partial charge on any atom is -0.489 e. The first-order valence-corrected chi connectivity index (χ1v) is 10.1. The summed E-state index contributed by atoms with van der Waals surface area (Å²) in [4.78, 5) is 11.1. The summed E-state index contributed by atoms with van der Waals surface area (Å²) in [6.07, 6.45) is 8.27. The molecule has 3 rings (SSSR count). The van der Waals surface area contributed by atoms with Gasteiger partial charge in [-0.2, -0.15) is 0 Å². The Morgan fingerprint density at radius 1 is 1.41 bits per heavy atom. The topological polar surface area (TPSA) is 92.8 Å². The van der Waals surface area contributed by atoms with Crippen molar-refractivity contribution in [1.82, 2.24) is 0 Å². The number of unbranched alkanes of at least 4 members (excludes halogenated alkanes) is 2. The standard InChI is InChI=1S/C22H31NO4/c1-2-3-4-7-15(24)10-11-16-18(25)13-19-21(16)17-8-5-6-14(22(17)27-19)9-12-20(23)26/h5-6,8,10-11,15-16,18-19,21,24-25H,2-4,7,9,12-13H2,1H3,(H2,23,26)/t15-,16-,18+,19-,21-/m0/s1. The van der Waals surface area contributed by atoms with Crippen LogP contribution in [-0.2, 0) is 11.2 Å². The molecule has 1 aromatic carbocycles. The summed E-state index contributed by atoms with van der Waals surface area (Å²) >= 11 is 0. The molecule has 5 nitrogen and oxygen atoms in total. The zero-order valence-corrected chi connectivity index (χ0v) is 16.0. The van der Waals surface area contributed by atoms with Gasteiger partial charge in [0.15, 0.2) is 0 Å². The maximum Gasteiger partial charge on any atom is 0.217 e. The number of fused-ring (bicyclic) bond motifs is 3. The highest BCUT2D eigenvalue weighted by Crippen LogP contribution is 2.52. The molecule has 1 aromatic rings. The number of primary amides is 1. The Morgan fingerprint density at radius 3 is 2.96 bits per heavy atom. The minimum atomic E-state index is -0.471. The number of benzene rings is 1. The van der Waals surface area contributed by atoms with Crippen molar-refractivity contribution >= 4 is 5.91 Å². The lowest BCUT2D eigenvalue weighted by Gasteiger charge is -2.18. The van der Waals surface area contributed by atoms with Crippen molar-refractivity contribution in [1.29, 1.82) is 0 Å². The Morgan fingerprint density at radius 2 is 2.22 bits per heavy atom. The summed E-state index contributed by atoms with van der Waals surface area (Å²) in [5, 5.41) is 20.7. The lowest BCUT2D eigenvalue weighted by molar-refractivity contribution is -0.117. The number of ether oxygens (including phenoxy) is 1. The summed E-state index contributed by atoms with van der Waals surface area (Å²) in [7, 11) is 0. The summed E-state index contributed by atoms with van der Waals surface area (Å²) in [5.41, 5.74) is 7.37. The predicted octanol–water partition coefficient (Wildman–Crippen LogP) is 2.83. The van der Waals surface area contributed by atoms with Gasteiger partial charge in [0.25, 0.3) is 0 Å². The van der Waals surface area contributed by atoms with Gasteiger partial charge >= 0.3 is 0 Å². The van der Waals surface area contributed by atoms with Gasteiger partial charge in [-0.1, -0.05) is 56.5 Å². The highest BCUT2D eigenvalue weighted by molar-refractivity contribution is 5.74. The number of para-hydroxylation sites is 1. The van der Waals surface area contributed by atoms with Crippen LogP contribution in [-0.4, -0.2) is 34.4 Å². The fourth-order valence-electron chi connectivity index (χ4n) is 4.38. The largest absolute Gasteiger partial charge is 0.489 e. The van der Waals surface area contributed by atoms with Crippen molar-refractivity contribution in [2.24, 2.45) is 11.7 Å². The van der Waals surface area contributed by atoms with Crippen LogP contribution in [0.5, 0.6) is 5.75 Å². The molecule has 5 heteroatoms. The van der Waals surface area contributed by atoms with Gasteiger partial charge in [0.2, 0.25) is 5.91 Å². The molecule has 27 heavy (non-hydrogen) atoms. The van der Waals surface area contributed by atoms with Crippen molar-refractivity contribution in [3.8, 4) is 5.75 Å². The second kappa shape index (κ2) is 8.89. The average Bonchev–Trinajstić information content (AvgIpc) is 3.13. The lowest BCUT2D eigenvalue weighted by Crippen LogP contribution is -2.17. The lowest BCUT2D eigenvalue weighted by atomic mass is 9.86. The number of nitrogens with two attached hydrogens (primary N) is 1. The number of aliphatic hydroxyl groups excluding tert-OH is 2. The third-order valence-corrected chi connectivity index (χ3v) is 5.79. The van der Waals surface area contributed by atoms with E-state index in [-0.39, 0.29) is 23.8 Å². The number of aryl methyl sites for hydroxylation is 1. The predicted molar refractivity (Wildman–Crippen MR) is 105 cm³/mol. The van der Waals surface area contributed by atoms with E-state index in [2.05, 4.69) is 6.92 Å². The van der Waals surface area contributed by atoms with Gasteiger partial charge in [0, 0.05) is 30.2 Å². The molecule has 0 saturated heterocycles. The Bertz CT molecular complexity index is 687. The normalized spacial score (nSPS) is 27.4. The number of aliphatic hydroxyl groups is 2. The molecule has 4 N–H and O–H groups in total. The van der Waals surface area contributed by atoms with Crippen LogP contribution in [0.2, 0.25) is 0 Å². The fourth-order valence-corrected chi connectivity index (χ4v) is 4.38. The van der Waals surface area contributed by atoms with E-state index in [1.807, 2.05) is 30.4 Å². The second-order valence-electron chi connectivity index (χ2n) is 7.81. The molecule has 0 unspecified atom stereocenters. The molecule has 2 aliphatic rings. The van der Waals surface area contributed by atoms with Gasteiger partial charge in [-0.25, -0.2) is 0 Å². The first kappa shape index (κ1) is 19.9. The van der Waals surface area contributed by atoms with Crippen LogP contribution in [0.4, 0.5) is 0 Å². The monoisotopic (exact) mass is 373 g/mol. The molecule has 1 heterocycles. The number of hydrogen-bond acceptors (Lipinski definition) is 4. The van der Waals surface area contributed by atoms with Crippen molar-refractivity contribution < 1.29 is 19.7 Å². The summed E-state index contributed by atoms with van der Waals surface area (Å²) in [6, 6.07) is 6.00. The molecule has 1 aliphatic heterocycles. The van der Waals surface area contributed by atoms with Crippen molar-refractivity contribution in [2.45, 2.75) is 76.1 Å². The third kappa shape index (κ3) is 4.53. The highest BCUT2D eigenvalue weighted by Gasteiger charge is 2.48. The maximum absolute atomic E-state index is 11.1. The third-order valence-electron chi connectivity index (χ3n) is 5.79. The molecule has 0 spiro atoms. The van der Waals surface area contributed by atoms with Crippen molar-refractivity contribution in [3.05, 3.63) is 41.5 Å². The van der Waals surface area contributed by atoms with Crippen LogP contribution in [0.1, 0.15) is 62.5 Å². The van der Waals surface area contributed by atoms with Crippen LogP contribution in [0.15, 0.2) is 30.4 Å². The van der Waals surface area contributed by atoms with E-state index in [0.717, 1.165) is 42.6 Å².